The molecule has 0 radical (unpaired) electrons. The van der Waals surface area contributed by atoms with Crippen LogP contribution in [0.4, 0.5) is 0 Å². The molecule has 1 fully saturated rings. The summed E-state index contributed by atoms with van der Waals surface area (Å²) < 4.78 is 19.5. The maximum Gasteiger partial charge on any atom is 0.461 e. The molecule has 0 aromatic heterocycles. The average Bonchev–Trinajstić information content (AvgIpc) is 3.37. The maximum atomic E-state index is 6.92. The summed E-state index contributed by atoms with van der Waals surface area (Å²) in [4.78, 5) is 0. The van der Waals surface area contributed by atoms with Crippen LogP contribution in [-0.4, -0.2) is 25.9 Å². The highest BCUT2D eigenvalue weighted by molar-refractivity contribution is 6.45. The van der Waals surface area contributed by atoms with Gasteiger partial charge in [0.25, 0.3) is 0 Å². The van der Waals surface area contributed by atoms with Gasteiger partial charge in [-0.3, -0.25) is 0 Å². The number of hydrogen-bond acceptors (Lipinski definition) is 3. The predicted molar refractivity (Wildman–Crippen MR) is 154 cm³/mol. The molecule has 0 saturated carbocycles. The second kappa shape index (κ2) is 12.7. The van der Waals surface area contributed by atoms with E-state index in [9.17, 15) is 0 Å². The van der Waals surface area contributed by atoms with Crippen molar-refractivity contribution in [1.29, 1.82) is 0 Å². The largest absolute Gasteiger partial charge is 0.461 e. The lowest BCUT2D eigenvalue weighted by molar-refractivity contribution is 0.0148. The Morgan fingerprint density at radius 2 is 1.16 bits per heavy atom. The summed E-state index contributed by atoms with van der Waals surface area (Å²) >= 11 is 0. The Labute approximate surface area is 224 Å². The van der Waals surface area contributed by atoms with Gasteiger partial charge in [0.05, 0.1) is 18.8 Å². The first kappa shape index (κ1) is 27.4. The highest BCUT2D eigenvalue weighted by Crippen LogP contribution is 2.40. The summed E-state index contributed by atoms with van der Waals surface area (Å²) in [7, 11) is -0.173. The van der Waals surface area contributed by atoms with Gasteiger partial charge in [-0.1, -0.05) is 130 Å². The molecular weight excluding hydrogens is 455 g/mol. The lowest BCUT2D eigenvalue weighted by Gasteiger charge is -2.36. The molecule has 0 amide bonds. The van der Waals surface area contributed by atoms with E-state index in [4.69, 9.17) is 14.0 Å². The summed E-state index contributed by atoms with van der Waals surface area (Å²) in [6.45, 7) is 11.6. The Kier molecular flexibility index (Phi) is 9.42. The van der Waals surface area contributed by atoms with E-state index >= 15 is 0 Å². The Hall–Kier alpha value is -2.66. The molecule has 1 heterocycles. The second-order valence-electron chi connectivity index (χ2n) is 10.8. The smallest absolute Gasteiger partial charge is 0.405 e. The van der Waals surface area contributed by atoms with Crippen LogP contribution in [0, 0.1) is 11.8 Å². The van der Waals surface area contributed by atoms with Gasteiger partial charge in [0, 0.05) is 6.32 Å². The third kappa shape index (κ3) is 6.44. The molecule has 194 valence electrons. The summed E-state index contributed by atoms with van der Waals surface area (Å²) in [5.74, 6) is 0.885. The number of hydrogen-bond donors (Lipinski definition) is 0. The van der Waals surface area contributed by atoms with Gasteiger partial charge in [-0.25, -0.2) is 0 Å². The van der Waals surface area contributed by atoms with Crippen molar-refractivity contribution in [3.63, 3.8) is 0 Å². The number of benzene rings is 3. The fraction of sp³-hybridized carbons (Fsp3) is 0.394. The molecule has 1 aliphatic heterocycles. The van der Waals surface area contributed by atoms with Crippen molar-refractivity contribution in [2.45, 2.75) is 65.2 Å². The van der Waals surface area contributed by atoms with Crippen molar-refractivity contribution < 1.29 is 14.0 Å². The summed E-state index contributed by atoms with van der Waals surface area (Å²) in [5, 5.41) is 0. The molecule has 3 nitrogen and oxygen atoms in total. The van der Waals surface area contributed by atoms with Gasteiger partial charge in [-0.05, 0) is 41.9 Å². The summed E-state index contributed by atoms with van der Waals surface area (Å²) in [6, 6.07) is 31.6. The fourth-order valence-electron chi connectivity index (χ4n) is 5.25. The van der Waals surface area contributed by atoms with Crippen molar-refractivity contribution >= 4 is 7.12 Å². The number of allylic oxidation sites excluding steroid dienone is 1. The summed E-state index contributed by atoms with van der Waals surface area (Å²) in [6.07, 6.45) is 4.17. The van der Waals surface area contributed by atoms with E-state index in [0.717, 1.165) is 29.4 Å². The first-order valence-electron chi connectivity index (χ1n) is 13.7. The van der Waals surface area contributed by atoms with Gasteiger partial charge in [0.1, 0.15) is 5.60 Å². The molecule has 0 N–H and O–H groups in total. The lowest BCUT2D eigenvalue weighted by atomic mass is 9.80. The highest BCUT2D eigenvalue weighted by atomic mass is 16.7. The van der Waals surface area contributed by atoms with Crippen LogP contribution >= 0.6 is 0 Å². The quantitative estimate of drug-likeness (QED) is 0.153. The van der Waals surface area contributed by atoms with Crippen LogP contribution in [0.25, 0.3) is 0 Å². The Morgan fingerprint density at radius 1 is 0.757 bits per heavy atom. The van der Waals surface area contributed by atoms with Crippen LogP contribution in [0.3, 0.4) is 0 Å². The van der Waals surface area contributed by atoms with E-state index in [1.807, 2.05) is 0 Å². The van der Waals surface area contributed by atoms with Gasteiger partial charge in [-0.15, -0.1) is 0 Å². The van der Waals surface area contributed by atoms with Gasteiger partial charge < -0.3 is 14.0 Å². The Balaban J connectivity index is 1.51. The molecule has 3 aromatic carbocycles. The van der Waals surface area contributed by atoms with Crippen LogP contribution in [0.2, 0.25) is 6.32 Å². The van der Waals surface area contributed by atoms with Crippen LogP contribution in [0.5, 0.6) is 0 Å². The first-order chi connectivity index (χ1) is 17.9. The SMILES string of the molecule is C/C(=C\CB1OC(C(C)C)C(C(C)C)O1)CCOC(c1ccccc1)(c1ccccc1)c1ccccc1. The lowest BCUT2D eigenvalue weighted by Crippen LogP contribution is -2.33. The minimum absolute atomic E-state index is 0.158. The van der Waals surface area contributed by atoms with Crippen molar-refractivity contribution in [2.75, 3.05) is 6.61 Å². The minimum atomic E-state index is -0.684. The van der Waals surface area contributed by atoms with Gasteiger partial charge in [0.15, 0.2) is 0 Å². The molecule has 4 heteroatoms. The minimum Gasteiger partial charge on any atom is -0.405 e. The van der Waals surface area contributed by atoms with Crippen LogP contribution in [-0.2, 0) is 19.6 Å². The maximum absolute atomic E-state index is 6.92. The Bertz CT molecular complexity index is 999. The third-order valence-electron chi connectivity index (χ3n) is 7.27. The van der Waals surface area contributed by atoms with Gasteiger partial charge in [-0.2, -0.15) is 0 Å². The van der Waals surface area contributed by atoms with E-state index in [1.165, 1.54) is 5.57 Å². The molecule has 1 saturated heterocycles. The standard InChI is InChI=1S/C33H41BO3/c1-25(2)31-32(26(3)4)37-34(36-31)23-21-27(5)22-24-35-33(28-15-9-6-10-16-28,29-17-11-7-12-18-29)30-19-13-8-14-20-30/h6-21,25-26,31-32H,22-24H2,1-5H3/b27-21+. The zero-order valence-electron chi connectivity index (χ0n) is 23.0. The normalized spacial score (nSPS) is 18.7. The molecule has 4 rings (SSSR count). The molecule has 2 atom stereocenters. The molecule has 0 spiro atoms. The molecule has 3 aromatic rings. The zero-order valence-corrected chi connectivity index (χ0v) is 23.0. The van der Waals surface area contributed by atoms with E-state index < -0.39 is 5.60 Å². The zero-order chi connectivity index (χ0) is 26.3. The van der Waals surface area contributed by atoms with Crippen molar-refractivity contribution in [3.05, 3.63) is 119 Å². The van der Waals surface area contributed by atoms with E-state index in [1.54, 1.807) is 0 Å². The predicted octanol–water partition coefficient (Wildman–Crippen LogP) is 7.92. The average molecular weight is 497 g/mol. The summed E-state index contributed by atoms with van der Waals surface area (Å²) in [5.41, 5.74) is 3.98. The van der Waals surface area contributed by atoms with Crippen LogP contribution in [0.15, 0.2) is 103 Å². The second-order valence-corrected chi connectivity index (χ2v) is 10.8. The first-order valence-corrected chi connectivity index (χ1v) is 13.7. The molecule has 0 aliphatic carbocycles. The molecule has 0 bridgehead atoms. The fourth-order valence-corrected chi connectivity index (χ4v) is 5.25. The molecule has 2 unspecified atom stereocenters. The van der Waals surface area contributed by atoms with Crippen LogP contribution < -0.4 is 0 Å². The van der Waals surface area contributed by atoms with Crippen LogP contribution in [0.1, 0.15) is 57.7 Å². The third-order valence-corrected chi connectivity index (χ3v) is 7.27. The number of ether oxygens (including phenoxy) is 1. The van der Waals surface area contributed by atoms with E-state index in [0.29, 0.717) is 18.4 Å². The molecule has 37 heavy (non-hydrogen) atoms. The van der Waals surface area contributed by atoms with Gasteiger partial charge >= 0.3 is 7.12 Å². The highest BCUT2D eigenvalue weighted by Gasteiger charge is 2.41. The molecule has 1 aliphatic rings. The Morgan fingerprint density at radius 3 is 1.54 bits per heavy atom. The van der Waals surface area contributed by atoms with E-state index in [2.05, 4.69) is 132 Å². The van der Waals surface area contributed by atoms with Crippen molar-refractivity contribution in [3.8, 4) is 0 Å². The molecular formula is C33H41BO3. The van der Waals surface area contributed by atoms with E-state index in [-0.39, 0.29) is 19.3 Å². The van der Waals surface area contributed by atoms with Crippen molar-refractivity contribution in [2.24, 2.45) is 11.8 Å². The number of rotatable bonds is 11. The topological polar surface area (TPSA) is 27.7 Å². The van der Waals surface area contributed by atoms with Crippen molar-refractivity contribution in [1.82, 2.24) is 0 Å². The van der Waals surface area contributed by atoms with Gasteiger partial charge in [0.2, 0.25) is 0 Å². The monoisotopic (exact) mass is 496 g/mol.